The van der Waals surface area contributed by atoms with Gasteiger partial charge in [-0.25, -0.2) is 0 Å². The zero-order valence-electron chi connectivity index (χ0n) is 7.35. The normalized spacial score (nSPS) is 10.4. The number of rotatable bonds is 3. The topological polar surface area (TPSA) is 35.0 Å². The van der Waals surface area contributed by atoms with Gasteiger partial charge in [0.2, 0.25) is 0 Å². The SMILES string of the molecule is C=CC(C=C)[Si](C)(C)C.N. The summed E-state index contributed by atoms with van der Waals surface area (Å²) in [5, 5.41) is 0. The highest BCUT2D eigenvalue weighted by Crippen LogP contribution is 2.22. The maximum absolute atomic E-state index is 3.76. The maximum atomic E-state index is 3.76. The summed E-state index contributed by atoms with van der Waals surface area (Å²) in [5.74, 6) is 0. The van der Waals surface area contributed by atoms with Gasteiger partial charge in [0, 0.05) is 0 Å². The van der Waals surface area contributed by atoms with Gasteiger partial charge in [-0.1, -0.05) is 31.8 Å². The standard InChI is InChI=1S/C8H16Si.H3N/c1-6-8(7-2)9(3,4)5;/h6-8H,1-2H2,3-5H3;1H3. The van der Waals surface area contributed by atoms with Crippen molar-refractivity contribution in [1.29, 1.82) is 0 Å². The molecule has 0 aromatic rings. The van der Waals surface area contributed by atoms with Gasteiger partial charge < -0.3 is 6.15 Å². The van der Waals surface area contributed by atoms with Gasteiger partial charge >= 0.3 is 0 Å². The van der Waals surface area contributed by atoms with E-state index in [1.54, 1.807) is 0 Å². The largest absolute Gasteiger partial charge is 0.344 e. The monoisotopic (exact) mass is 157 g/mol. The minimum atomic E-state index is -1.02. The highest BCUT2D eigenvalue weighted by molar-refractivity contribution is 6.78. The lowest BCUT2D eigenvalue weighted by atomic mass is 10.4. The molecule has 0 spiro atoms. The van der Waals surface area contributed by atoms with Crippen LogP contribution in [0.1, 0.15) is 0 Å². The van der Waals surface area contributed by atoms with E-state index in [1.807, 2.05) is 12.2 Å². The highest BCUT2D eigenvalue weighted by Gasteiger charge is 2.20. The van der Waals surface area contributed by atoms with E-state index in [9.17, 15) is 0 Å². The van der Waals surface area contributed by atoms with E-state index in [1.165, 1.54) is 0 Å². The third-order valence-electron chi connectivity index (χ3n) is 1.51. The van der Waals surface area contributed by atoms with E-state index in [-0.39, 0.29) is 6.15 Å². The predicted molar refractivity (Wildman–Crippen MR) is 52.5 cm³/mol. The van der Waals surface area contributed by atoms with Crippen molar-refractivity contribution in [1.82, 2.24) is 6.15 Å². The van der Waals surface area contributed by atoms with Crippen molar-refractivity contribution in [3.63, 3.8) is 0 Å². The molecule has 0 unspecified atom stereocenters. The molecule has 0 fully saturated rings. The Bertz CT molecular complexity index is 105. The van der Waals surface area contributed by atoms with E-state index in [4.69, 9.17) is 0 Å². The van der Waals surface area contributed by atoms with Crippen LogP contribution in [0.4, 0.5) is 0 Å². The third kappa shape index (κ3) is 3.64. The summed E-state index contributed by atoms with van der Waals surface area (Å²) in [4.78, 5) is 0. The summed E-state index contributed by atoms with van der Waals surface area (Å²) in [6.07, 6.45) is 4.00. The molecule has 0 aliphatic rings. The summed E-state index contributed by atoms with van der Waals surface area (Å²) in [6, 6.07) is 0. The van der Waals surface area contributed by atoms with Crippen LogP contribution in [-0.2, 0) is 0 Å². The fourth-order valence-corrected chi connectivity index (χ4v) is 2.22. The first-order chi connectivity index (χ1) is 4.02. The van der Waals surface area contributed by atoms with Gasteiger partial charge in [-0.15, -0.1) is 13.2 Å². The molecule has 0 aromatic carbocycles. The second-order valence-electron chi connectivity index (χ2n) is 3.36. The Morgan fingerprint density at radius 1 is 1.10 bits per heavy atom. The molecule has 0 aliphatic carbocycles. The molecule has 2 heteroatoms. The van der Waals surface area contributed by atoms with Crippen molar-refractivity contribution in [2.75, 3.05) is 0 Å². The van der Waals surface area contributed by atoms with Crippen LogP contribution in [0.3, 0.4) is 0 Å². The van der Waals surface area contributed by atoms with Gasteiger partial charge in [-0.05, 0) is 5.54 Å². The van der Waals surface area contributed by atoms with E-state index < -0.39 is 8.07 Å². The summed E-state index contributed by atoms with van der Waals surface area (Å²) < 4.78 is 0. The lowest BCUT2D eigenvalue weighted by Gasteiger charge is -2.21. The van der Waals surface area contributed by atoms with Crippen molar-refractivity contribution >= 4 is 8.07 Å². The molecule has 0 aliphatic heterocycles. The minimum absolute atomic E-state index is 0. The molecular formula is C8H19NSi. The Balaban J connectivity index is 0. The highest BCUT2D eigenvalue weighted by atomic mass is 28.3. The van der Waals surface area contributed by atoms with Gasteiger partial charge in [-0.2, -0.15) is 0 Å². The van der Waals surface area contributed by atoms with Crippen LogP contribution in [0.25, 0.3) is 0 Å². The molecular weight excluding hydrogens is 138 g/mol. The number of allylic oxidation sites excluding steroid dienone is 2. The molecule has 60 valence electrons. The van der Waals surface area contributed by atoms with Crippen molar-refractivity contribution in [2.45, 2.75) is 25.2 Å². The predicted octanol–water partition coefficient (Wildman–Crippen LogP) is 3.23. The second-order valence-corrected chi connectivity index (χ2v) is 8.76. The molecule has 3 N–H and O–H groups in total. The molecule has 0 heterocycles. The zero-order chi connectivity index (χ0) is 7.49. The second kappa shape index (κ2) is 4.47. The van der Waals surface area contributed by atoms with Gasteiger partial charge in [0.05, 0.1) is 8.07 Å². The first-order valence-corrected chi connectivity index (χ1v) is 6.85. The summed E-state index contributed by atoms with van der Waals surface area (Å²) in [6.45, 7) is 14.5. The fourth-order valence-electron chi connectivity index (χ4n) is 0.803. The summed E-state index contributed by atoms with van der Waals surface area (Å²) in [5.41, 5.74) is 0.567. The van der Waals surface area contributed by atoms with Crippen molar-refractivity contribution in [3.8, 4) is 0 Å². The summed E-state index contributed by atoms with van der Waals surface area (Å²) >= 11 is 0. The molecule has 0 aromatic heterocycles. The van der Waals surface area contributed by atoms with Crippen LogP contribution >= 0.6 is 0 Å². The van der Waals surface area contributed by atoms with Crippen molar-refractivity contribution in [2.24, 2.45) is 0 Å². The zero-order valence-corrected chi connectivity index (χ0v) is 8.35. The molecule has 1 nitrogen and oxygen atoms in total. The molecule has 0 atom stereocenters. The van der Waals surface area contributed by atoms with Crippen molar-refractivity contribution in [3.05, 3.63) is 25.3 Å². The third-order valence-corrected chi connectivity index (χ3v) is 3.98. The molecule has 0 amide bonds. The van der Waals surface area contributed by atoms with E-state index in [0.29, 0.717) is 5.54 Å². The van der Waals surface area contributed by atoms with Crippen LogP contribution in [0.2, 0.25) is 25.2 Å². The molecule has 0 saturated carbocycles. The van der Waals surface area contributed by atoms with Gasteiger partial charge in [0.1, 0.15) is 0 Å². The van der Waals surface area contributed by atoms with Gasteiger partial charge in [-0.3, -0.25) is 0 Å². The van der Waals surface area contributed by atoms with E-state index in [0.717, 1.165) is 0 Å². The quantitative estimate of drug-likeness (QED) is 0.495. The molecule has 0 rings (SSSR count). The Morgan fingerprint density at radius 2 is 1.40 bits per heavy atom. The minimum Gasteiger partial charge on any atom is -0.344 e. The number of hydrogen-bond acceptors (Lipinski definition) is 1. The Hall–Kier alpha value is -0.343. The summed E-state index contributed by atoms with van der Waals surface area (Å²) in [7, 11) is -1.02. The molecule has 0 saturated heterocycles. The van der Waals surface area contributed by atoms with Gasteiger partial charge in [0.25, 0.3) is 0 Å². The average molecular weight is 157 g/mol. The Morgan fingerprint density at radius 3 is 1.40 bits per heavy atom. The van der Waals surface area contributed by atoms with Gasteiger partial charge in [0.15, 0.2) is 0 Å². The maximum Gasteiger partial charge on any atom is 0.0557 e. The molecule has 0 radical (unpaired) electrons. The van der Waals surface area contributed by atoms with E-state index >= 15 is 0 Å². The Labute approximate surface area is 65.4 Å². The first kappa shape index (κ1) is 12.3. The average Bonchev–Trinajstić information content (AvgIpc) is 1.65. The lowest BCUT2D eigenvalue weighted by Crippen LogP contribution is -2.24. The van der Waals surface area contributed by atoms with Crippen LogP contribution in [-0.4, -0.2) is 8.07 Å². The van der Waals surface area contributed by atoms with Crippen LogP contribution in [0.15, 0.2) is 25.3 Å². The Kier molecular flexibility index (Phi) is 5.52. The first-order valence-electron chi connectivity index (χ1n) is 3.27. The van der Waals surface area contributed by atoms with Crippen LogP contribution in [0, 0.1) is 0 Å². The lowest BCUT2D eigenvalue weighted by molar-refractivity contribution is 1.28. The van der Waals surface area contributed by atoms with Crippen LogP contribution in [0.5, 0.6) is 0 Å². The fraction of sp³-hybridized carbons (Fsp3) is 0.500. The molecule has 10 heavy (non-hydrogen) atoms. The number of hydrogen-bond donors (Lipinski definition) is 1. The van der Waals surface area contributed by atoms with E-state index in [2.05, 4.69) is 32.8 Å². The van der Waals surface area contributed by atoms with Crippen LogP contribution < -0.4 is 6.15 Å². The van der Waals surface area contributed by atoms with Crippen molar-refractivity contribution < 1.29 is 0 Å². The molecule has 0 bridgehead atoms. The smallest absolute Gasteiger partial charge is 0.0557 e.